The number of alkyl halides is 2. The number of rotatable bonds is 5. The van der Waals surface area contributed by atoms with Crippen molar-refractivity contribution in [2.24, 2.45) is 11.7 Å². The lowest BCUT2D eigenvalue weighted by molar-refractivity contribution is 0.177. The standard InChI is InChI=1S/C6H13F2NS/c1-5(2-9)3-10-4-6(7)8/h5-6H,2-4,9H2,1H3. The first-order valence-corrected chi connectivity index (χ1v) is 4.38. The topological polar surface area (TPSA) is 26.0 Å². The summed E-state index contributed by atoms with van der Waals surface area (Å²) < 4.78 is 23.1. The van der Waals surface area contributed by atoms with Crippen LogP contribution in [0.25, 0.3) is 0 Å². The van der Waals surface area contributed by atoms with E-state index < -0.39 is 6.43 Å². The molecule has 0 aliphatic heterocycles. The first kappa shape index (κ1) is 10.2. The van der Waals surface area contributed by atoms with Gasteiger partial charge in [-0.05, 0) is 18.2 Å². The van der Waals surface area contributed by atoms with Crippen molar-refractivity contribution in [2.75, 3.05) is 18.1 Å². The Kier molecular flexibility index (Phi) is 6.02. The van der Waals surface area contributed by atoms with Crippen molar-refractivity contribution in [1.29, 1.82) is 0 Å². The maximum Gasteiger partial charge on any atom is 0.247 e. The van der Waals surface area contributed by atoms with E-state index in [4.69, 9.17) is 5.73 Å². The molecule has 1 nitrogen and oxygen atoms in total. The van der Waals surface area contributed by atoms with Crippen molar-refractivity contribution in [3.05, 3.63) is 0 Å². The molecule has 0 amide bonds. The van der Waals surface area contributed by atoms with Crippen molar-refractivity contribution >= 4 is 11.8 Å². The Morgan fingerprint density at radius 1 is 1.40 bits per heavy atom. The lowest BCUT2D eigenvalue weighted by Gasteiger charge is -2.06. The van der Waals surface area contributed by atoms with E-state index in [2.05, 4.69) is 0 Å². The summed E-state index contributed by atoms with van der Waals surface area (Å²) in [5.74, 6) is 1.02. The molecule has 1 atom stereocenters. The molecule has 0 aromatic rings. The molecule has 1 unspecified atom stereocenters. The number of hydrogen-bond donors (Lipinski definition) is 1. The third-order valence-corrected chi connectivity index (χ3v) is 2.34. The fourth-order valence-corrected chi connectivity index (χ4v) is 1.28. The molecule has 0 aromatic heterocycles. The van der Waals surface area contributed by atoms with Crippen LogP contribution in [0.15, 0.2) is 0 Å². The van der Waals surface area contributed by atoms with Gasteiger partial charge in [-0.3, -0.25) is 0 Å². The Bertz CT molecular complexity index is 80.1. The summed E-state index contributed by atoms with van der Waals surface area (Å²) in [7, 11) is 0. The van der Waals surface area contributed by atoms with Crippen LogP contribution < -0.4 is 5.73 Å². The van der Waals surface area contributed by atoms with E-state index in [1.807, 2.05) is 6.92 Å². The minimum atomic E-state index is -2.19. The highest BCUT2D eigenvalue weighted by atomic mass is 32.2. The molecule has 0 heterocycles. The molecule has 0 spiro atoms. The second-order valence-electron chi connectivity index (χ2n) is 2.27. The quantitative estimate of drug-likeness (QED) is 0.676. The maximum atomic E-state index is 11.5. The average Bonchev–Trinajstić information content (AvgIpc) is 1.87. The van der Waals surface area contributed by atoms with Crippen molar-refractivity contribution in [3.63, 3.8) is 0 Å². The highest BCUT2D eigenvalue weighted by molar-refractivity contribution is 7.99. The second-order valence-corrected chi connectivity index (χ2v) is 3.34. The molecule has 0 aromatic carbocycles. The van der Waals surface area contributed by atoms with Gasteiger partial charge in [0.2, 0.25) is 6.43 Å². The zero-order valence-corrected chi connectivity index (χ0v) is 6.83. The third kappa shape index (κ3) is 6.29. The van der Waals surface area contributed by atoms with Crippen LogP contribution >= 0.6 is 11.8 Å². The SMILES string of the molecule is CC(CN)CSCC(F)F. The van der Waals surface area contributed by atoms with E-state index in [-0.39, 0.29) is 5.75 Å². The molecule has 0 aliphatic rings. The summed E-state index contributed by atoms with van der Waals surface area (Å²) in [6.07, 6.45) is -2.19. The smallest absolute Gasteiger partial charge is 0.247 e. The molecule has 4 heteroatoms. The van der Waals surface area contributed by atoms with Crippen molar-refractivity contribution in [3.8, 4) is 0 Å². The van der Waals surface area contributed by atoms with Crippen LogP contribution in [-0.4, -0.2) is 24.5 Å². The molecule has 62 valence electrons. The third-order valence-electron chi connectivity index (χ3n) is 1.05. The number of halogens is 2. The average molecular weight is 169 g/mol. The zero-order valence-electron chi connectivity index (χ0n) is 6.02. The van der Waals surface area contributed by atoms with Crippen LogP contribution in [0.3, 0.4) is 0 Å². The molecule has 0 rings (SSSR count). The van der Waals surface area contributed by atoms with Crippen LogP contribution in [0, 0.1) is 5.92 Å². The predicted octanol–water partition coefficient (Wildman–Crippen LogP) is 1.58. The van der Waals surface area contributed by atoms with Gasteiger partial charge in [0.1, 0.15) is 0 Å². The van der Waals surface area contributed by atoms with Crippen LogP contribution in [0.1, 0.15) is 6.92 Å². The molecule has 0 saturated heterocycles. The van der Waals surface area contributed by atoms with Gasteiger partial charge in [0, 0.05) is 0 Å². The number of nitrogens with two attached hydrogens (primary N) is 1. The van der Waals surface area contributed by atoms with Gasteiger partial charge in [-0.2, -0.15) is 11.8 Å². The Balaban J connectivity index is 3.03. The minimum Gasteiger partial charge on any atom is -0.330 e. The fraction of sp³-hybridized carbons (Fsp3) is 1.00. The highest BCUT2D eigenvalue weighted by Crippen LogP contribution is 2.10. The van der Waals surface area contributed by atoms with Gasteiger partial charge in [-0.15, -0.1) is 0 Å². The Morgan fingerprint density at radius 3 is 2.40 bits per heavy atom. The Morgan fingerprint density at radius 2 is 2.00 bits per heavy atom. The number of thioether (sulfide) groups is 1. The molecule has 10 heavy (non-hydrogen) atoms. The van der Waals surface area contributed by atoms with Gasteiger partial charge in [-0.1, -0.05) is 6.92 Å². The molecule has 0 radical (unpaired) electrons. The Hall–Kier alpha value is 0.170. The summed E-state index contributed by atoms with van der Waals surface area (Å²) in [4.78, 5) is 0. The minimum absolute atomic E-state index is 0.0651. The van der Waals surface area contributed by atoms with E-state index in [9.17, 15) is 8.78 Å². The molecule has 2 N–H and O–H groups in total. The van der Waals surface area contributed by atoms with Crippen molar-refractivity contribution in [1.82, 2.24) is 0 Å². The molecular weight excluding hydrogens is 156 g/mol. The molecule has 0 aliphatic carbocycles. The van der Waals surface area contributed by atoms with E-state index >= 15 is 0 Å². The summed E-state index contributed by atoms with van der Waals surface area (Å²) >= 11 is 1.26. The predicted molar refractivity (Wildman–Crippen MR) is 41.5 cm³/mol. The number of hydrogen-bond acceptors (Lipinski definition) is 2. The highest BCUT2D eigenvalue weighted by Gasteiger charge is 2.04. The van der Waals surface area contributed by atoms with Crippen molar-refractivity contribution < 1.29 is 8.78 Å². The first-order valence-electron chi connectivity index (χ1n) is 3.22. The van der Waals surface area contributed by atoms with Crippen LogP contribution in [-0.2, 0) is 0 Å². The normalized spacial score (nSPS) is 14.1. The van der Waals surface area contributed by atoms with Crippen molar-refractivity contribution in [2.45, 2.75) is 13.3 Å². The van der Waals surface area contributed by atoms with Crippen LogP contribution in [0.2, 0.25) is 0 Å². The van der Waals surface area contributed by atoms with E-state index in [1.54, 1.807) is 0 Å². The maximum absolute atomic E-state index is 11.5. The molecule has 0 saturated carbocycles. The fourth-order valence-electron chi connectivity index (χ4n) is 0.426. The molecule has 0 fully saturated rings. The second kappa shape index (κ2) is 5.92. The van der Waals surface area contributed by atoms with Gasteiger partial charge in [-0.25, -0.2) is 8.78 Å². The van der Waals surface area contributed by atoms with E-state index in [1.165, 1.54) is 11.8 Å². The molecular formula is C6H13F2NS. The summed E-state index contributed by atoms with van der Waals surface area (Å²) in [6, 6.07) is 0. The van der Waals surface area contributed by atoms with Gasteiger partial charge in [0.25, 0.3) is 0 Å². The van der Waals surface area contributed by atoms with Gasteiger partial charge in [0.15, 0.2) is 0 Å². The summed E-state index contributed by atoms with van der Waals surface area (Å²) in [5.41, 5.74) is 5.29. The lowest BCUT2D eigenvalue weighted by Crippen LogP contribution is -2.13. The van der Waals surface area contributed by atoms with E-state index in [0.29, 0.717) is 12.5 Å². The van der Waals surface area contributed by atoms with Crippen LogP contribution in [0.5, 0.6) is 0 Å². The Labute approximate surface area is 64.4 Å². The lowest BCUT2D eigenvalue weighted by atomic mass is 10.2. The largest absolute Gasteiger partial charge is 0.330 e. The van der Waals surface area contributed by atoms with E-state index in [0.717, 1.165) is 5.75 Å². The van der Waals surface area contributed by atoms with Crippen LogP contribution in [0.4, 0.5) is 8.78 Å². The van der Waals surface area contributed by atoms with Gasteiger partial charge < -0.3 is 5.73 Å². The first-order chi connectivity index (χ1) is 4.66. The van der Waals surface area contributed by atoms with Gasteiger partial charge in [0.05, 0.1) is 5.75 Å². The van der Waals surface area contributed by atoms with Gasteiger partial charge >= 0.3 is 0 Å². The zero-order chi connectivity index (χ0) is 7.98. The molecule has 0 bridgehead atoms. The summed E-state index contributed by atoms with van der Waals surface area (Å²) in [5, 5.41) is 0. The summed E-state index contributed by atoms with van der Waals surface area (Å²) in [6.45, 7) is 2.54. The monoisotopic (exact) mass is 169 g/mol.